The van der Waals surface area contributed by atoms with Crippen molar-refractivity contribution < 1.29 is 31.5 Å². The Kier molecular flexibility index (Phi) is 4.03. The standard InChI is InChI=1S/C6H11NO2S.C2HF3O2/c8-10(9)3-6(4-10)5-1-7-2-5;3-2(4,5)1(6)7/h5-7H,1-4H2;(H,6,7). The first kappa shape index (κ1) is 14.2. The van der Waals surface area contributed by atoms with Crippen LogP contribution in [0.3, 0.4) is 0 Å². The second kappa shape index (κ2) is 4.81. The highest BCUT2D eigenvalue weighted by Crippen LogP contribution is 2.28. The highest BCUT2D eigenvalue weighted by molar-refractivity contribution is 7.92. The predicted octanol–water partition coefficient (Wildman–Crippen LogP) is -0.116. The summed E-state index contributed by atoms with van der Waals surface area (Å²) in [4.78, 5) is 8.90. The maximum Gasteiger partial charge on any atom is 0.490 e. The number of nitrogens with one attached hydrogen (secondary N) is 1. The number of rotatable bonds is 1. The Labute approximate surface area is 95.9 Å². The molecule has 0 radical (unpaired) electrons. The number of aliphatic carboxylic acids is 1. The van der Waals surface area contributed by atoms with Crippen LogP contribution in [0.4, 0.5) is 13.2 Å². The minimum absolute atomic E-state index is 0.444. The summed E-state index contributed by atoms with van der Waals surface area (Å²) in [6.45, 7) is 2.06. The lowest BCUT2D eigenvalue weighted by atomic mass is 9.90. The summed E-state index contributed by atoms with van der Waals surface area (Å²) in [7, 11) is -2.58. The fourth-order valence-electron chi connectivity index (χ4n) is 1.52. The number of carbonyl (C=O) groups is 1. The van der Waals surface area contributed by atoms with Gasteiger partial charge in [0.25, 0.3) is 0 Å². The maximum absolute atomic E-state index is 10.7. The molecule has 2 fully saturated rings. The zero-order chi connectivity index (χ0) is 13.3. The van der Waals surface area contributed by atoms with Crippen LogP contribution in [-0.4, -0.2) is 50.3 Å². The molecular formula is C8H12F3NO4S. The fraction of sp³-hybridized carbons (Fsp3) is 0.875. The lowest BCUT2D eigenvalue weighted by molar-refractivity contribution is -0.192. The topological polar surface area (TPSA) is 83.5 Å². The maximum atomic E-state index is 10.7. The number of halogens is 3. The summed E-state index contributed by atoms with van der Waals surface area (Å²) >= 11 is 0. The minimum Gasteiger partial charge on any atom is -0.475 e. The van der Waals surface area contributed by atoms with E-state index >= 15 is 0 Å². The van der Waals surface area contributed by atoms with Crippen molar-refractivity contribution in [3.05, 3.63) is 0 Å². The van der Waals surface area contributed by atoms with Crippen molar-refractivity contribution in [1.29, 1.82) is 0 Å². The van der Waals surface area contributed by atoms with Gasteiger partial charge in [0, 0.05) is 0 Å². The third-order valence-electron chi connectivity index (χ3n) is 2.66. The van der Waals surface area contributed by atoms with Crippen LogP contribution in [0.1, 0.15) is 0 Å². The molecule has 0 aromatic carbocycles. The molecule has 2 rings (SSSR count). The van der Waals surface area contributed by atoms with Gasteiger partial charge in [-0.05, 0) is 24.9 Å². The zero-order valence-electron chi connectivity index (χ0n) is 8.70. The summed E-state index contributed by atoms with van der Waals surface area (Å²) < 4.78 is 53.2. The number of sulfone groups is 1. The van der Waals surface area contributed by atoms with E-state index in [2.05, 4.69) is 5.32 Å². The average Bonchev–Trinajstić information content (AvgIpc) is 1.96. The second-order valence-corrected chi connectivity index (χ2v) is 6.21. The summed E-state index contributed by atoms with van der Waals surface area (Å²) in [5.41, 5.74) is 0. The molecule has 0 amide bonds. The largest absolute Gasteiger partial charge is 0.490 e. The van der Waals surface area contributed by atoms with E-state index in [9.17, 15) is 21.6 Å². The molecule has 2 saturated heterocycles. The Balaban J connectivity index is 0.000000185. The van der Waals surface area contributed by atoms with E-state index in [1.807, 2.05) is 0 Å². The molecule has 5 nitrogen and oxygen atoms in total. The summed E-state index contributed by atoms with van der Waals surface area (Å²) in [5, 5.41) is 10.3. The first-order valence-corrected chi connectivity index (χ1v) is 6.65. The van der Waals surface area contributed by atoms with E-state index in [0.717, 1.165) is 13.1 Å². The van der Waals surface area contributed by atoms with E-state index in [1.165, 1.54) is 0 Å². The molecule has 0 unspecified atom stereocenters. The number of carboxylic acids is 1. The van der Waals surface area contributed by atoms with Crippen molar-refractivity contribution in [2.75, 3.05) is 24.6 Å². The molecule has 17 heavy (non-hydrogen) atoms. The number of hydrogen-bond donors (Lipinski definition) is 2. The van der Waals surface area contributed by atoms with Gasteiger partial charge in [-0.1, -0.05) is 0 Å². The molecule has 0 atom stereocenters. The molecule has 2 heterocycles. The molecule has 2 N–H and O–H groups in total. The predicted molar refractivity (Wildman–Crippen MR) is 52.2 cm³/mol. The molecule has 2 aliphatic heterocycles. The molecule has 2 aliphatic rings. The van der Waals surface area contributed by atoms with E-state index in [1.54, 1.807) is 0 Å². The third-order valence-corrected chi connectivity index (χ3v) is 4.53. The van der Waals surface area contributed by atoms with Crippen LogP contribution in [0, 0.1) is 11.8 Å². The van der Waals surface area contributed by atoms with Crippen LogP contribution in [0.15, 0.2) is 0 Å². The van der Waals surface area contributed by atoms with Crippen LogP contribution in [0.2, 0.25) is 0 Å². The van der Waals surface area contributed by atoms with Crippen molar-refractivity contribution in [2.45, 2.75) is 6.18 Å². The van der Waals surface area contributed by atoms with Crippen molar-refractivity contribution in [1.82, 2.24) is 5.32 Å². The quantitative estimate of drug-likeness (QED) is 0.697. The Morgan fingerprint density at radius 3 is 1.76 bits per heavy atom. The van der Waals surface area contributed by atoms with Gasteiger partial charge in [0.2, 0.25) is 0 Å². The molecule has 9 heteroatoms. The highest BCUT2D eigenvalue weighted by atomic mass is 32.2. The third kappa shape index (κ3) is 4.15. The highest BCUT2D eigenvalue weighted by Gasteiger charge is 2.40. The van der Waals surface area contributed by atoms with Gasteiger partial charge in [-0.15, -0.1) is 0 Å². The molecule has 0 aliphatic carbocycles. The first-order valence-electron chi connectivity index (χ1n) is 4.83. The molecular weight excluding hydrogens is 263 g/mol. The van der Waals surface area contributed by atoms with Gasteiger partial charge in [0.15, 0.2) is 9.84 Å². The monoisotopic (exact) mass is 275 g/mol. The first-order chi connectivity index (χ1) is 7.62. The van der Waals surface area contributed by atoms with Crippen molar-refractivity contribution in [3.63, 3.8) is 0 Å². The summed E-state index contributed by atoms with van der Waals surface area (Å²) in [6.07, 6.45) is -5.08. The second-order valence-electron chi connectivity index (χ2n) is 4.06. The number of carboxylic acid groups (broad SMARTS) is 1. The number of alkyl halides is 3. The Morgan fingerprint density at radius 1 is 1.18 bits per heavy atom. The lowest BCUT2D eigenvalue weighted by Crippen LogP contribution is -2.54. The van der Waals surface area contributed by atoms with Gasteiger partial charge < -0.3 is 10.4 Å². The Bertz CT molecular complexity index is 376. The minimum atomic E-state index is -5.08. The smallest absolute Gasteiger partial charge is 0.475 e. The van der Waals surface area contributed by atoms with Gasteiger partial charge >= 0.3 is 12.1 Å². The van der Waals surface area contributed by atoms with Crippen LogP contribution in [-0.2, 0) is 14.6 Å². The van der Waals surface area contributed by atoms with Crippen molar-refractivity contribution in [3.8, 4) is 0 Å². The van der Waals surface area contributed by atoms with Gasteiger partial charge in [0.1, 0.15) is 0 Å². The van der Waals surface area contributed by atoms with Crippen LogP contribution >= 0.6 is 0 Å². The Morgan fingerprint density at radius 2 is 1.59 bits per heavy atom. The van der Waals surface area contributed by atoms with Gasteiger partial charge in [-0.25, -0.2) is 13.2 Å². The van der Waals surface area contributed by atoms with E-state index < -0.39 is 22.0 Å². The molecule has 0 aromatic heterocycles. The molecule has 0 aromatic rings. The van der Waals surface area contributed by atoms with Crippen LogP contribution < -0.4 is 5.32 Å². The molecule has 0 bridgehead atoms. The van der Waals surface area contributed by atoms with Gasteiger partial charge in [-0.2, -0.15) is 13.2 Å². The molecule has 0 spiro atoms. The normalized spacial score (nSPS) is 23.9. The fourth-order valence-corrected chi connectivity index (χ4v) is 3.27. The molecule has 0 saturated carbocycles. The van der Waals surface area contributed by atoms with Crippen LogP contribution in [0.5, 0.6) is 0 Å². The summed E-state index contributed by atoms with van der Waals surface area (Å²) in [5.74, 6) is -0.735. The van der Waals surface area contributed by atoms with Gasteiger partial charge in [-0.3, -0.25) is 0 Å². The van der Waals surface area contributed by atoms with Crippen molar-refractivity contribution in [2.24, 2.45) is 11.8 Å². The number of hydrogen-bond acceptors (Lipinski definition) is 4. The van der Waals surface area contributed by atoms with E-state index in [0.29, 0.717) is 23.3 Å². The van der Waals surface area contributed by atoms with E-state index in [4.69, 9.17) is 9.90 Å². The lowest BCUT2D eigenvalue weighted by Gasteiger charge is -2.39. The summed E-state index contributed by atoms with van der Waals surface area (Å²) in [6, 6.07) is 0. The Hall–Kier alpha value is -0.830. The SMILES string of the molecule is O=C(O)C(F)(F)F.O=S1(=O)CC(C2CNC2)C1. The van der Waals surface area contributed by atoms with Crippen molar-refractivity contribution >= 4 is 15.8 Å². The van der Waals surface area contributed by atoms with E-state index in [-0.39, 0.29) is 0 Å². The average molecular weight is 275 g/mol. The zero-order valence-corrected chi connectivity index (χ0v) is 9.51. The molecule has 100 valence electrons. The van der Waals surface area contributed by atoms with Crippen LogP contribution in [0.25, 0.3) is 0 Å². The van der Waals surface area contributed by atoms with Gasteiger partial charge in [0.05, 0.1) is 11.5 Å².